The van der Waals surface area contributed by atoms with Crippen LogP contribution in [0.1, 0.15) is 19.0 Å². The molecule has 0 unspecified atom stereocenters. The highest BCUT2D eigenvalue weighted by Crippen LogP contribution is 2.25. The number of nitrogens with zero attached hydrogens (tertiary/aromatic N) is 3. The highest BCUT2D eigenvalue weighted by Gasteiger charge is 2.14. The molecule has 0 N–H and O–H groups in total. The number of allylic oxidation sites excluding steroid dienone is 1. The molecule has 0 spiro atoms. The predicted molar refractivity (Wildman–Crippen MR) is 96.4 cm³/mol. The van der Waals surface area contributed by atoms with E-state index in [-0.39, 0.29) is 0 Å². The van der Waals surface area contributed by atoms with Crippen LogP contribution in [0.5, 0.6) is 0 Å². The Hall–Kier alpha value is -1.78. The molecule has 116 valence electrons. The number of thiazole rings is 1. The Morgan fingerprint density at radius 3 is 2.59 bits per heavy atom. The van der Waals surface area contributed by atoms with Crippen molar-refractivity contribution in [2.45, 2.75) is 13.3 Å². The maximum absolute atomic E-state index is 6.39. The maximum Gasteiger partial charge on any atom is 0.194 e. The van der Waals surface area contributed by atoms with E-state index in [1.807, 2.05) is 60.1 Å². The van der Waals surface area contributed by atoms with Crippen LogP contribution in [0, 0.1) is 0 Å². The summed E-state index contributed by atoms with van der Waals surface area (Å²) in [6.07, 6.45) is 0.810. The van der Waals surface area contributed by atoms with Gasteiger partial charge in [0.2, 0.25) is 0 Å². The van der Waals surface area contributed by atoms with Crippen LogP contribution in [0.2, 0.25) is 5.02 Å². The molecule has 2 rings (SSSR count). The van der Waals surface area contributed by atoms with E-state index in [1.54, 1.807) is 11.3 Å². The Labute approximate surface area is 140 Å². The standard InChI is InChI=1S/C17H20ClN3S/c1-6-12(2)19-17-21(15-10-8-7-9-14(15)18)16(11-22-17)13(3)20(4)5/h7-11H,2-3,6H2,1,4-5H3. The summed E-state index contributed by atoms with van der Waals surface area (Å²) in [6.45, 7) is 10.2. The second kappa shape index (κ2) is 6.99. The summed E-state index contributed by atoms with van der Waals surface area (Å²) < 4.78 is 2.04. The third kappa shape index (κ3) is 3.34. The van der Waals surface area contributed by atoms with Crippen molar-refractivity contribution in [3.05, 3.63) is 64.0 Å². The third-order valence-corrected chi connectivity index (χ3v) is 4.44. The van der Waals surface area contributed by atoms with Gasteiger partial charge in [-0.15, -0.1) is 11.3 Å². The molecule has 0 saturated heterocycles. The first kappa shape index (κ1) is 16.6. The van der Waals surface area contributed by atoms with Gasteiger partial charge in [-0.05, 0) is 18.6 Å². The van der Waals surface area contributed by atoms with E-state index in [1.165, 1.54) is 0 Å². The molecule has 0 aliphatic carbocycles. The van der Waals surface area contributed by atoms with Gasteiger partial charge in [0.15, 0.2) is 4.80 Å². The van der Waals surface area contributed by atoms with Crippen LogP contribution in [-0.4, -0.2) is 23.6 Å². The summed E-state index contributed by atoms with van der Waals surface area (Å²) in [5.74, 6) is 0. The fourth-order valence-electron chi connectivity index (χ4n) is 1.90. The summed E-state index contributed by atoms with van der Waals surface area (Å²) >= 11 is 7.95. The molecule has 0 aliphatic rings. The van der Waals surface area contributed by atoms with Gasteiger partial charge in [-0.1, -0.05) is 43.8 Å². The van der Waals surface area contributed by atoms with Gasteiger partial charge < -0.3 is 4.90 Å². The summed E-state index contributed by atoms with van der Waals surface area (Å²) in [7, 11) is 3.94. The van der Waals surface area contributed by atoms with Crippen molar-refractivity contribution < 1.29 is 0 Å². The van der Waals surface area contributed by atoms with E-state index in [0.29, 0.717) is 5.02 Å². The van der Waals surface area contributed by atoms with Gasteiger partial charge in [0.05, 0.1) is 22.1 Å². The van der Waals surface area contributed by atoms with E-state index in [4.69, 9.17) is 11.6 Å². The lowest BCUT2D eigenvalue weighted by atomic mass is 10.3. The van der Waals surface area contributed by atoms with Gasteiger partial charge in [0, 0.05) is 25.2 Å². The summed E-state index contributed by atoms with van der Waals surface area (Å²) in [5, 5.41) is 2.73. The molecule has 5 heteroatoms. The van der Waals surface area contributed by atoms with Gasteiger partial charge >= 0.3 is 0 Å². The molecule has 3 nitrogen and oxygen atoms in total. The Morgan fingerprint density at radius 1 is 1.32 bits per heavy atom. The lowest BCUT2D eigenvalue weighted by molar-refractivity contribution is 0.588. The van der Waals surface area contributed by atoms with E-state index < -0.39 is 0 Å². The van der Waals surface area contributed by atoms with E-state index >= 15 is 0 Å². The molecule has 0 aliphatic heterocycles. The summed E-state index contributed by atoms with van der Waals surface area (Å²) in [4.78, 5) is 7.45. The normalized spacial score (nSPS) is 11.5. The first-order chi connectivity index (χ1) is 10.5. The topological polar surface area (TPSA) is 20.5 Å². The number of halogens is 1. The molecule has 0 fully saturated rings. The second-order valence-corrected chi connectivity index (χ2v) is 6.31. The van der Waals surface area contributed by atoms with Crippen LogP contribution in [0.15, 0.2) is 53.5 Å². The zero-order valence-electron chi connectivity index (χ0n) is 13.1. The minimum atomic E-state index is 0.678. The molecule has 0 radical (unpaired) electrons. The fraction of sp³-hybridized carbons (Fsp3) is 0.235. The van der Waals surface area contributed by atoms with Crippen molar-refractivity contribution in [2.75, 3.05) is 14.1 Å². The first-order valence-electron chi connectivity index (χ1n) is 7.00. The number of benzene rings is 1. The number of hydrogen-bond donors (Lipinski definition) is 0. The van der Waals surface area contributed by atoms with Gasteiger partial charge in [-0.25, -0.2) is 4.99 Å². The van der Waals surface area contributed by atoms with Crippen molar-refractivity contribution >= 4 is 28.6 Å². The molecule has 0 bridgehead atoms. The third-order valence-electron chi connectivity index (χ3n) is 3.30. The molecule has 2 aromatic rings. The molecule has 1 aromatic heterocycles. The number of rotatable bonds is 5. The van der Waals surface area contributed by atoms with Crippen molar-refractivity contribution in [3.63, 3.8) is 0 Å². The van der Waals surface area contributed by atoms with E-state index in [2.05, 4.69) is 18.2 Å². The fourth-order valence-corrected chi connectivity index (χ4v) is 3.06. The number of hydrogen-bond acceptors (Lipinski definition) is 3. The summed E-state index contributed by atoms with van der Waals surface area (Å²) in [6, 6.07) is 7.74. The predicted octanol–water partition coefficient (Wildman–Crippen LogP) is 4.55. The SMILES string of the molecule is C=C(CC)N=c1scc(C(=C)N(C)C)n1-c1ccccc1Cl. The number of para-hydroxylation sites is 1. The molecular weight excluding hydrogens is 314 g/mol. The van der Waals surface area contributed by atoms with E-state index in [0.717, 1.165) is 34.0 Å². The van der Waals surface area contributed by atoms with Crippen LogP contribution in [0.3, 0.4) is 0 Å². The van der Waals surface area contributed by atoms with Gasteiger partial charge in [0.1, 0.15) is 0 Å². The Kier molecular flexibility index (Phi) is 5.27. The lowest BCUT2D eigenvalue weighted by Gasteiger charge is -2.18. The quantitative estimate of drug-likeness (QED) is 0.786. The van der Waals surface area contributed by atoms with Crippen LogP contribution in [0.25, 0.3) is 11.4 Å². The van der Waals surface area contributed by atoms with Gasteiger partial charge in [-0.2, -0.15) is 0 Å². The molecule has 1 aromatic carbocycles. The maximum atomic E-state index is 6.39. The second-order valence-electron chi connectivity index (χ2n) is 5.06. The minimum absolute atomic E-state index is 0.678. The first-order valence-corrected chi connectivity index (χ1v) is 8.26. The molecule has 0 amide bonds. The van der Waals surface area contributed by atoms with Crippen LogP contribution in [0.4, 0.5) is 0 Å². The zero-order chi connectivity index (χ0) is 16.3. The zero-order valence-corrected chi connectivity index (χ0v) is 14.7. The Balaban J connectivity index is 2.75. The van der Waals surface area contributed by atoms with Crippen LogP contribution in [-0.2, 0) is 0 Å². The highest BCUT2D eigenvalue weighted by molar-refractivity contribution is 7.07. The largest absolute Gasteiger partial charge is 0.376 e. The molecule has 1 heterocycles. The van der Waals surface area contributed by atoms with Crippen molar-refractivity contribution in [1.29, 1.82) is 0 Å². The molecule has 0 saturated carbocycles. The Morgan fingerprint density at radius 2 is 2.00 bits per heavy atom. The lowest BCUT2D eigenvalue weighted by Crippen LogP contribution is -2.19. The molecular formula is C17H20ClN3S. The monoisotopic (exact) mass is 333 g/mol. The van der Waals surface area contributed by atoms with Crippen LogP contribution >= 0.6 is 22.9 Å². The average Bonchev–Trinajstić information content (AvgIpc) is 2.90. The van der Waals surface area contributed by atoms with Crippen LogP contribution < -0.4 is 4.80 Å². The molecule has 0 atom stereocenters. The molecule has 22 heavy (non-hydrogen) atoms. The van der Waals surface area contributed by atoms with Crippen molar-refractivity contribution in [3.8, 4) is 5.69 Å². The van der Waals surface area contributed by atoms with Gasteiger partial charge in [-0.3, -0.25) is 4.57 Å². The minimum Gasteiger partial charge on any atom is -0.376 e. The van der Waals surface area contributed by atoms with E-state index in [9.17, 15) is 0 Å². The van der Waals surface area contributed by atoms with Gasteiger partial charge in [0.25, 0.3) is 0 Å². The average molecular weight is 334 g/mol. The Bertz CT molecular complexity index is 768. The highest BCUT2D eigenvalue weighted by atomic mass is 35.5. The van der Waals surface area contributed by atoms with Crippen molar-refractivity contribution in [2.24, 2.45) is 4.99 Å². The smallest absolute Gasteiger partial charge is 0.194 e. The number of aromatic nitrogens is 1. The van der Waals surface area contributed by atoms with Crippen molar-refractivity contribution in [1.82, 2.24) is 9.47 Å². The summed E-state index contributed by atoms with van der Waals surface area (Å²) in [5.41, 5.74) is 3.61.